The summed E-state index contributed by atoms with van der Waals surface area (Å²) in [6, 6.07) is 0. The van der Waals surface area contributed by atoms with Gasteiger partial charge in [0.25, 0.3) is 0 Å². The zero-order valence-electron chi connectivity index (χ0n) is 17.3. The molecule has 2 aromatic rings. The van der Waals surface area contributed by atoms with Crippen LogP contribution in [0.3, 0.4) is 0 Å². The third-order valence-electron chi connectivity index (χ3n) is 4.88. The van der Waals surface area contributed by atoms with Crippen molar-refractivity contribution in [1.29, 1.82) is 0 Å². The zero-order chi connectivity index (χ0) is 22.9. The number of nitrogens with two attached hydrogens (primary N) is 1. The summed E-state index contributed by atoms with van der Waals surface area (Å²) in [5.74, 6) is 1.27. The Bertz CT molecular complexity index is 1010. The molecule has 2 aliphatic rings. The maximum absolute atomic E-state index is 12.9. The Kier molecular flexibility index (Phi) is 7.20. The van der Waals surface area contributed by atoms with Gasteiger partial charge in [-0.1, -0.05) is 21.6 Å². The highest BCUT2D eigenvalue weighted by molar-refractivity contribution is 8.76. The van der Waals surface area contributed by atoms with Gasteiger partial charge < -0.3 is 25.4 Å². The van der Waals surface area contributed by atoms with Crippen LogP contribution in [-0.2, 0) is 22.9 Å². The van der Waals surface area contributed by atoms with Crippen LogP contribution < -0.4 is 10.5 Å². The van der Waals surface area contributed by atoms with E-state index in [2.05, 4.69) is 15.0 Å². The van der Waals surface area contributed by atoms with Crippen molar-refractivity contribution in [2.75, 3.05) is 44.2 Å². The molecule has 5 atom stereocenters. The normalized spacial score (nSPS) is 32.3. The number of aromatic nitrogens is 4. The van der Waals surface area contributed by atoms with Crippen LogP contribution in [0.25, 0.3) is 11.2 Å². The van der Waals surface area contributed by atoms with Crippen molar-refractivity contribution in [3.8, 4) is 5.88 Å². The average Bonchev–Trinajstić information content (AvgIpc) is 3.28. The van der Waals surface area contributed by atoms with Crippen molar-refractivity contribution in [1.82, 2.24) is 19.5 Å². The maximum Gasteiger partial charge on any atom is 0.475 e. The van der Waals surface area contributed by atoms with Crippen LogP contribution in [0.15, 0.2) is 6.33 Å². The Hall–Kier alpha value is -1.16. The minimum atomic E-state index is -3.89. The lowest BCUT2D eigenvalue weighted by atomic mass is 9.96. The number of hydrogen-bond acceptors (Lipinski definition) is 14. The van der Waals surface area contributed by atoms with Crippen molar-refractivity contribution in [3.63, 3.8) is 0 Å². The molecule has 0 radical (unpaired) electrons. The van der Waals surface area contributed by atoms with Crippen LogP contribution in [0.1, 0.15) is 13.2 Å². The molecule has 13 nitrogen and oxygen atoms in total. The van der Waals surface area contributed by atoms with E-state index in [0.29, 0.717) is 22.7 Å². The summed E-state index contributed by atoms with van der Waals surface area (Å²) >= 11 is 0. The molecule has 0 aromatic carbocycles. The summed E-state index contributed by atoms with van der Waals surface area (Å²) < 4.78 is 41.9. The number of nitrogens with zero attached hydrogens (tertiary/aromatic N) is 4. The van der Waals surface area contributed by atoms with E-state index in [-0.39, 0.29) is 31.6 Å². The smallest absolute Gasteiger partial charge is 0.475 e. The molecule has 0 aliphatic carbocycles. The molecule has 0 saturated carbocycles. The standard InChI is InChI=1S/C16H24N5O8PS2/c1-16(23)11-9(7-27-30(24,29-11)26-4-6-32-31-5-3-22)28-14(16)21-8-18-10-12(21)19-15(17)20-13(10)25-2/h8-9,11,14,22-23H,3-7H2,1-2H3,(H2,17,19,20)/t9-,11-,14-,16-,30-/m1/s1. The van der Waals surface area contributed by atoms with E-state index in [9.17, 15) is 9.67 Å². The van der Waals surface area contributed by atoms with Gasteiger partial charge >= 0.3 is 7.82 Å². The highest BCUT2D eigenvalue weighted by atomic mass is 33.1. The SMILES string of the molecule is COc1nc(N)nc2c1ncn2[C@@H]1O[C@@H]2CO[P@@](=O)(OCCSSCCO)O[C@H]2[C@@]1(C)O. The van der Waals surface area contributed by atoms with Crippen LogP contribution >= 0.6 is 29.4 Å². The summed E-state index contributed by atoms with van der Waals surface area (Å²) in [5, 5.41) is 20.1. The van der Waals surface area contributed by atoms with E-state index in [0.717, 1.165) is 0 Å². The number of aliphatic hydroxyl groups excluding tert-OH is 1. The predicted molar refractivity (Wildman–Crippen MR) is 117 cm³/mol. The van der Waals surface area contributed by atoms with E-state index < -0.39 is 31.9 Å². The van der Waals surface area contributed by atoms with Crippen LogP contribution in [0.4, 0.5) is 5.95 Å². The first-order valence-electron chi connectivity index (χ1n) is 9.63. The minimum absolute atomic E-state index is 0.0290. The van der Waals surface area contributed by atoms with Crippen molar-refractivity contribution in [2.45, 2.75) is 31.0 Å². The predicted octanol–water partition coefficient (Wildman–Crippen LogP) is 0.979. The van der Waals surface area contributed by atoms with Crippen LogP contribution in [0, 0.1) is 0 Å². The molecular weight excluding hydrogens is 485 g/mol. The van der Waals surface area contributed by atoms with Gasteiger partial charge in [-0.15, -0.1) is 0 Å². The first kappa shape index (κ1) is 24.0. The van der Waals surface area contributed by atoms with Gasteiger partial charge in [0.05, 0.1) is 33.3 Å². The fourth-order valence-electron chi connectivity index (χ4n) is 3.50. The lowest BCUT2D eigenvalue weighted by Gasteiger charge is -2.34. The number of aliphatic hydroxyl groups is 2. The molecule has 0 amide bonds. The molecule has 2 fully saturated rings. The Labute approximate surface area is 191 Å². The molecular formula is C16H24N5O8PS2. The summed E-state index contributed by atoms with van der Waals surface area (Å²) in [6.45, 7) is 1.62. The number of anilines is 1. The number of ether oxygens (including phenoxy) is 2. The molecule has 2 aliphatic heterocycles. The average molecular weight is 510 g/mol. The largest absolute Gasteiger partial charge is 0.479 e. The van der Waals surface area contributed by atoms with Crippen LogP contribution in [-0.4, -0.2) is 86.0 Å². The minimum Gasteiger partial charge on any atom is -0.479 e. The van der Waals surface area contributed by atoms with Gasteiger partial charge in [0.1, 0.15) is 17.8 Å². The zero-order valence-corrected chi connectivity index (χ0v) is 19.8. The van der Waals surface area contributed by atoms with Crippen molar-refractivity contribution in [2.24, 2.45) is 0 Å². The van der Waals surface area contributed by atoms with Crippen LogP contribution in [0.5, 0.6) is 5.88 Å². The first-order valence-corrected chi connectivity index (χ1v) is 13.6. The quantitative estimate of drug-likeness (QED) is 0.248. The molecule has 32 heavy (non-hydrogen) atoms. The number of fused-ring (bicyclic) bond motifs is 2. The number of phosphoric ester groups is 1. The monoisotopic (exact) mass is 509 g/mol. The molecule has 0 bridgehead atoms. The molecule has 4 heterocycles. The summed E-state index contributed by atoms with van der Waals surface area (Å²) in [5.41, 5.74) is 4.79. The molecule has 2 saturated heterocycles. The molecule has 0 unspecified atom stereocenters. The van der Waals surface area contributed by atoms with E-state index in [1.165, 1.54) is 46.5 Å². The molecule has 2 aromatic heterocycles. The van der Waals surface area contributed by atoms with E-state index >= 15 is 0 Å². The molecule has 178 valence electrons. The fraction of sp³-hybridized carbons (Fsp3) is 0.688. The summed E-state index contributed by atoms with van der Waals surface area (Å²) in [4.78, 5) is 12.4. The molecule has 16 heteroatoms. The number of nitrogen functional groups attached to an aromatic ring is 1. The maximum atomic E-state index is 12.9. The van der Waals surface area contributed by atoms with Gasteiger partial charge in [-0.2, -0.15) is 9.97 Å². The molecule has 4 rings (SSSR count). The van der Waals surface area contributed by atoms with Crippen LogP contribution in [0.2, 0.25) is 0 Å². The molecule has 4 N–H and O–H groups in total. The van der Waals surface area contributed by atoms with E-state index in [4.69, 9.17) is 33.9 Å². The van der Waals surface area contributed by atoms with Crippen molar-refractivity contribution < 1.29 is 37.8 Å². The lowest BCUT2D eigenvalue weighted by molar-refractivity contribution is -0.0907. The van der Waals surface area contributed by atoms with E-state index in [1.807, 2.05) is 0 Å². The highest BCUT2D eigenvalue weighted by Crippen LogP contribution is 2.58. The second kappa shape index (κ2) is 9.60. The van der Waals surface area contributed by atoms with Gasteiger partial charge in [0.15, 0.2) is 17.4 Å². The number of hydrogen-bond donors (Lipinski definition) is 3. The first-order chi connectivity index (χ1) is 15.3. The fourth-order valence-corrected chi connectivity index (χ4v) is 6.69. The number of phosphoric acid groups is 1. The van der Waals surface area contributed by atoms with Gasteiger partial charge in [0, 0.05) is 11.5 Å². The van der Waals surface area contributed by atoms with Gasteiger partial charge in [-0.3, -0.25) is 18.1 Å². The van der Waals surface area contributed by atoms with E-state index in [1.54, 1.807) is 0 Å². The van der Waals surface area contributed by atoms with Crippen molar-refractivity contribution >= 4 is 46.5 Å². The second-order valence-corrected chi connectivity index (χ2v) is 11.5. The van der Waals surface area contributed by atoms with Gasteiger partial charge in [0.2, 0.25) is 11.8 Å². The van der Waals surface area contributed by atoms with Crippen molar-refractivity contribution in [3.05, 3.63) is 6.33 Å². The Morgan fingerprint density at radius 1 is 1.41 bits per heavy atom. The van der Waals surface area contributed by atoms with Gasteiger partial charge in [-0.25, -0.2) is 9.55 Å². The number of methoxy groups -OCH3 is 1. The second-order valence-electron chi connectivity index (χ2n) is 7.14. The number of rotatable bonds is 9. The third kappa shape index (κ3) is 4.58. The Morgan fingerprint density at radius 2 is 2.19 bits per heavy atom. The summed E-state index contributed by atoms with van der Waals surface area (Å²) in [7, 11) is 0.487. The molecule has 0 spiro atoms. The third-order valence-corrected chi connectivity index (χ3v) is 8.68. The topological polar surface area (TPSA) is 173 Å². The lowest BCUT2D eigenvalue weighted by Crippen LogP contribution is -2.47. The number of imidazole rings is 1. The highest BCUT2D eigenvalue weighted by Gasteiger charge is 2.60. The Morgan fingerprint density at radius 3 is 2.94 bits per heavy atom. The Balaban J connectivity index is 1.50. The van der Waals surface area contributed by atoms with Gasteiger partial charge in [-0.05, 0) is 6.92 Å². The summed E-state index contributed by atoms with van der Waals surface area (Å²) in [6.07, 6.45) is -1.24.